The number of amides is 1. The van der Waals surface area contributed by atoms with Crippen molar-refractivity contribution in [3.05, 3.63) is 54.4 Å². The number of nitrogens with one attached hydrogen (secondary N) is 1. The zero-order valence-electron chi connectivity index (χ0n) is 33.7. The van der Waals surface area contributed by atoms with Gasteiger partial charge in [-0.2, -0.15) is 4.98 Å². The molecule has 5 aliphatic rings. The number of rotatable bonds is 11. The van der Waals surface area contributed by atoms with Crippen molar-refractivity contribution in [2.75, 3.05) is 99.2 Å². The van der Waals surface area contributed by atoms with E-state index in [0.29, 0.717) is 49.8 Å². The van der Waals surface area contributed by atoms with Crippen molar-refractivity contribution >= 4 is 49.8 Å². The number of sulfone groups is 1. The van der Waals surface area contributed by atoms with Crippen molar-refractivity contribution in [2.45, 2.75) is 76.2 Å². The van der Waals surface area contributed by atoms with Crippen LogP contribution in [0.15, 0.2) is 43.2 Å². The van der Waals surface area contributed by atoms with Crippen molar-refractivity contribution < 1.29 is 22.3 Å². The second-order valence-corrected chi connectivity index (χ2v) is 19.2. The molecule has 3 aromatic rings. The number of hydrogen-bond acceptors (Lipinski definition) is 12. The maximum Gasteiger partial charge on any atom is 0.246 e. The first-order valence-corrected chi connectivity index (χ1v) is 22.9. The zero-order chi connectivity index (χ0) is 39.8. The molecule has 3 atom stereocenters. The van der Waals surface area contributed by atoms with E-state index in [2.05, 4.69) is 57.6 Å². The van der Waals surface area contributed by atoms with Crippen molar-refractivity contribution in [1.29, 1.82) is 0 Å². The molecule has 1 aromatic carbocycles. The van der Waals surface area contributed by atoms with E-state index < -0.39 is 16.0 Å². The summed E-state index contributed by atoms with van der Waals surface area (Å²) >= 11 is 0. The second kappa shape index (κ2) is 16.7. The number of piperazine rings is 1. The number of likely N-dealkylation sites (tertiary alicyclic amines) is 1. The standard InChI is InChI=1S/C42H58FN9O4S/c1-5-40(53)52-13-6-7-35(52)32-21-37(51-24-29(25-51)27-57(4,54)55)33-23-45-39(22-31(33)41(32)28(2)3)46-38-8-12-44-42(47-38)50-14-9-36(34(43)26-50)49-17-15-48(16-18-49)30-10-19-56-20-11-30/h5,8,12,21-23,28-30,34-36H,1,6-7,9-11,13-20,24-27H2,2-4H3,(H,44,45,46,47)/t34-,35+,36+/m0/s1. The lowest BCUT2D eigenvalue weighted by atomic mass is 9.85. The number of benzene rings is 1. The minimum Gasteiger partial charge on any atom is -0.381 e. The van der Waals surface area contributed by atoms with Crippen LogP contribution in [0.5, 0.6) is 0 Å². The van der Waals surface area contributed by atoms with Crippen LogP contribution in [-0.2, 0) is 19.4 Å². The van der Waals surface area contributed by atoms with Crippen LogP contribution in [0.3, 0.4) is 0 Å². The molecule has 7 heterocycles. The van der Waals surface area contributed by atoms with Gasteiger partial charge in [-0.3, -0.25) is 14.6 Å². The first kappa shape index (κ1) is 39.9. The van der Waals surface area contributed by atoms with Gasteiger partial charge in [0, 0.05) is 113 Å². The van der Waals surface area contributed by atoms with Gasteiger partial charge in [0.2, 0.25) is 11.9 Å². The van der Waals surface area contributed by atoms with Crippen molar-refractivity contribution in [1.82, 2.24) is 29.7 Å². The normalized spacial score (nSPS) is 24.6. The number of halogens is 1. The molecule has 1 N–H and O–H groups in total. The summed E-state index contributed by atoms with van der Waals surface area (Å²) in [4.78, 5) is 38.3. The number of piperidine rings is 1. The molecule has 0 aliphatic carbocycles. The highest BCUT2D eigenvalue weighted by Crippen LogP contribution is 2.45. The highest BCUT2D eigenvalue weighted by atomic mass is 32.2. The Bertz CT molecular complexity index is 2050. The van der Waals surface area contributed by atoms with E-state index in [4.69, 9.17) is 14.7 Å². The van der Waals surface area contributed by atoms with E-state index in [-0.39, 0.29) is 42.1 Å². The third kappa shape index (κ3) is 8.62. The molecule has 308 valence electrons. The number of nitrogens with zero attached hydrogens (tertiary/aromatic N) is 8. The Labute approximate surface area is 336 Å². The molecule has 0 spiro atoms. The van der Waals surface area contributed by atoms with E-state index in [0.717, 1.165) is 99.1 Å². The average Bonchev–Trinajstić information content (AvgIpc) is 3.68. The first-order valence-electron chi connectivity index (χ1n) is 20.8. The van der Waals surface area contributed by atoms with Crippen LogP contribution < -0.4 is 15.1 Å². The summed E-state index contributed by atoms with van der Waals surface area (Å²) in [5.74, 6) is 1.97. The average molecular weight is 804 g/mol. The molecule has 0 bridgehead atoms. The minimum atomic E-state index is -3.09. The Morgan fingerprint density at radius 2 is 1.72 bits per heavy atom. The maximum atomic E-state index is 15.9. The summed E-state index contributed by atoms with van der Waals surface area (Å²) in [6.07, 6.45) is 9.94. The third-order valence-corrected chi connectivity index (χ3v) is 13.8. The second-order valence-electron chi connectivity index (χ2n) is 17.0. The number of alkyl halides is 1. The van der Waals surface area contributed by atoms with Crippen LogP contribution in [0, 0.1) is 5.92 Å². The molecule has 5 saturated heterocycles. The number of anilines is 4. The van der Waals surface area contributed by atoms with Crippen molar-refractivity contribution in [3.63, 3.8) is 0 Å². The lowest BCUT2D eigenvalue weighted by Crippen LogP contribution is -2.59. The molecule has 13 nitrogen and oxygen atoms in total. The number of aromatic nitrogens is 3. The van der Waals surface area contributed by atoms with E-state index in [1.54, 1.807) is 12.3 Å². The smallest absolute Gasteiger partial charge is 0.246 e. The van der Waals surface area contributed by atoms with Gasteiger partial charge in [-0.1, -0.05) is 20.4 Å². The number of carbonyl (C=O) groups excluding carboxylic acids is 1. The lowest BCUT2D eigenvalue weighted by Gasteiger charge is -2.46. The number of ether oxygens (including phenoxy) is 1. The number of pyridine rings is 1. The molecule has 0 saturated carbocycles. The summed E-state index contributed by atoms with van der Waals surface area (Å²) in [5, 5.41) is 5.43. The predicted molar refractivity (Wildman–Crippen MR) is 223 cm³/mol. The first-order chi connectivity index (χ1) is 27.5. The van der Waals surface area contributed by atoms with Crippen LogP contribution in [0.4, 0.5) is 27.7 Å². The molecular formula is C42H58FN9O4S. The Morgan fingerprint density at radius 3 is 2.42 bits per heavy atom. The SMILES string of the molecule is C=CC(=O)N1CCC[C@@H]1c1cc(N2CC(CS(C)(=O)=O)C2)c2cnc(Nc3ccnc(N4CC[C@@H](N5CCN(C6CCOCC6)CC5)[C@@H](F)C4)n3)cc2c1C(C)C. The van der Waals surface area contributed by atoms with Crippen LogP contribution in [0.25, 0.3) is 10.8 Å². The van der Waals surface area contributed by atoms with Gasteiger partial charge in [-0.25, -0.2) is 22.8 Å². The number of carbonyl (C=O) groups is 1. The van der Waals surface area contributed by atoms with Crippen LogP contribution in [0.1, 0.15) is 69.0 Å². The molecule has 15 heteroatoms. The van der Waals surface area contributed by atoms with Crippen molar-refractivity contribution in [3.8, 4) is 0 Å². The molecule has 2 aromatic heterocycles. The molecule has 8 rings (SSSR count). The lowest BCUT2D eigenvalue weighted by molar-refractivity contribution is -0.126. The molecular weight excluding hydrogens is 746 g/mol. The van der Waals surface area contributed by atoms with Crippen LogP contribution in [-0.4, -0.2) is 146 Å². The van der Waals surface area contributed by atoms with Gasteiger partial charge in [-0.15, -0.1) is 0 Å². The summed E-state index contributed by atoms with van der Waals surface area (Å²) < 4.78 is 45.6. The fourth-order valence-corrected chi connectivity index (χ4v) is 11.1. The Balaban J connectivity index is 1.01. The van der Waals surface area contributed by atoms with Gasteiger partial charge in [0.1, 0.15) is 27.6 Å². The summed E-state index contributed by atoms with van der Waals surface area (Å²) in [6.45, 7) is 16.4. The van der Waals surface area contributed by atoms with E-state index in [1.807, 2.05) is 16.0 Å². The van der Waals surface area contributed by atoms with Gasteiger partial charge < -0.3 is 24.8 Å². The quantitative estimate of drug-likeness (QED) is 0.264. The molecule has 0 radical (unpaired) electrons. The summed E-state index contributed by atoms with van der Waals surface area (Å²) in [7, 11) is -3.09. The Kier molecular flexibility index (Phi) is 11.7. The number of hydrogen-bond donors (Lipinski definition) is 1. The van der Waals surface area contributed by atoms with E-state index >= 15 is 4.39 Å². The van der Waals surface area contributed by atoms with Crippen molar-refractivity contribution in [2.24, 2.45) is 5.92 Å². The van der Waals surface area contributed by atoms with Gasteiger partial charge in [0.25, 0.3) is 0 Å². The third-order valence-electron chi connectivity index (χ3n) is 12.8. The highest BCUT2D eigenvalue weighted by Gasteiger charge is 2.38. The highest BCUT2D eigenvalue weighted by molar-refractivity contribution is 7.90. The van der Waals surface area contributed by atoms with Gasteiger partial charge >= 0.3 is 0 Å². The zero-order valence-corrected chi connectivity index (χ0v) is 34.5. The van der Waals surface area contributed by atoms with Crippen LogP contribution >= 0.6 is 0 Å². The Morgan fingerprint density at radius 1 is 0.965 bits per heavy atom. The molecule has 5 fully saturated rings. The summed E-state index contributed by atoms with van der Waals surface area (Å²) in [6, 6.07) is 6.48. The molecule has 5 aliphatic heterocycles. The van der Waals surface area contributed by atoms with Gasteiger partial charge in [0.15, 0.2) is 0 Å². The number of fused-ring (bicyclic) bond motifs is 1. The predicted octanol–water partition coefficient (Wildman–Crippen LogP) is 4.94. The molecule has 1 amide bonds. The van der Waals surface area contributed by atoms with Crippen LogP contribution in [0.2, 0.25) is 0 Å². The monoisotopic (exact) mass is 803 g/mol. The molecule has 57 heavy (non-hydrogen) atoms. The maximum absolute atomic E-state index is 15.9. The summed E-state index contributed by atoms with van der Waals surface area (Å²) in [5.41, 5.74) is 3.27. The molecule has 0 unspecified atom stereocenters. The Hall–Kier alpha value is -3.92. The van der Waals surface area contributed by atoms with E-state index in [9.17, 15) is 13.2 Å². The fraction of sp³-hybridized carbons (Fsp3) is 0.619. The largest absolute Gasteiger partial charge is 0.381 e. The fourth-order valence-electron chi connectivity index (χ4n) is 10.0. The topological polar surface area (TPSA) is 127 Å². The van der Waals surface area contributed by atoms with Gasteiger partial charge in [-0.05, 0) is 78.8 Å². The minimum absolute atomic E-state index is 0.0610. The van der Waals surface area contributed by atoms with Gasteiger partial charge in [0.05, 0.1) is 18.3 Å². The van der Waals surface area contributed by atoms with E-state index in [1.165, 1.54) is 12.3 Å².